The maximum atomic E-state index is 12.7. The van der Waals surface area contributed by atoms with Crippen LogP contribution in [0.25, 0.3) is 0 Å². The second kappa shape index (κ2) is 5.34. The summed E-state index contributed by atoms with van der Waals surface area (Å²) in [5, 5.41) is -1.43. The van der Waals surface area contributed by atoms with Crippen molar-refractivity contribution in [1.82, 2.24) is 3.38 Å². The lowest BCUT2D eigenvalue weighted by Crippen LogP contribution is -2.64. The van der Waals surface area contributed by atoms with Gasteiger partial charge in [0, 0.05) is 0 Å². The molecule has 0 aromatic rings. The van der Waals surface area contributed by atoms with Crippen LogP contribution in [0.1, 0.15) is 20.8 Å². The van der Waals surface area contributed by atoms with Crippen molar-refractivity contribution in [3.05, 3.63) is 0 Å². The molecule has 22 heavy (non-hydrogen) atoms. The minimum Gasteiger partial charge on any atom is -0.202 e. The van der Waals surface area contributed by atoms with Crippen LogP contribution >= 0.6 is 0 Å². The van der Waals surface area contributed by atoms with E-state index in [4.69, 9.17) is 0 Å². The third-order valence-electron chi connectivity index (χ3n) is 3.31. The third kappa shape index (κ3) is 3.43. The molecule has 0 spiro atoms. The van der Waals surface area contributed by atoms with Gasteiger partial charge in [0.15, 0.2) is 8.24 Å². The zero-order chi connectivity index (χ0) is 18.6. The van der Waals surface area contributed by atoms with Crippen LogP contribution in [0.4, 0.5) is 26.3 Å². The lowest BCUT2D eigenvalue weighted by Gasteiger charge is -2.43. The molecule has 0 aliphatic carbocycles. The highest BCUT2D eigenvalue weighted by Crippen LogP contribution is 2.46. The number of rotatable bonds is 3. The van der Waals surface area contributed by atoms with Crippen molar-refractivity contribution in [2.45, 2.75) is 49.9 Å². The van der Waals surface area contributed by atoms with Crippen LogP contribution in [0.2, 0.25) is 18.1 Å². The van der Waals surface area contributed by atoms with Crippen LogP contribution < -0.4 is 0 Å². The van der Waals surface area contributed by atoms with Gasteiger partial charge in [-0.1, -0.05) is 33.9 Å². The minimum absolute atomic E-state index is 0.805. The van der Waals surface area contributed by atoms with E-state index in [9.17, 15) is 43.2 Å². The van der Waals surface area contributed by atoms with Crippen molar-refractivity contribution < 1.29 is 43.2 Å². The summed E-state index contributed by atoms with van der Waals surface area (Å²) in [7, 11) is -17.8. The van der Waals surface area contributed by atoms with E-state index in [1.165, 1.54) is 20.8 Å². The predicted octanol–water partition coefficient (Wildman–Crippen LogP) is 2.99. The summed E-state index contributed by atoms with van der Waals surface area (Å²) >= 11 is 0. The highest BCUT2D eigenvalue weighted by atomic mass is 32.3. The normalized spacial score (nSPS) is 16.2. The zero-order valence-electron chi connectivity index (χ0n) is 12.2. The second-order valence-corrected chi connectivity index (χ2v) is 15.4. The first-order valence-electron chi connectivity index (χ1n) is 5.55. The molecule has 0 saturated heterocycles. The van der Waals surface area contributed by atoms with Crippen molar-refractivity contribution in [3.8, 4) is 0 Å². The van der Waals surface area contributed by atoms with Crippen molar-refractivity contribution in [2.75, 3.05) is 0 Å². The lowest BCUT2D eigenvalue weighted by atomic mass is 10.2. The molecule has 0 unspecified atom stereocenters. The molecule has 0 N–H and O–H groups in total. The van der Waals surface area contributed by atoms with Gasteiger partial charge in [0.05, 0.1) is 0 Å². The molecule has 0 fully saturated rings. The van der Waals surface area contributed by atoms with Crippen molar-refractivity contribution in [3.63, 3.8) is 0 Å². The highest BCUT2D eigenvalue weighted by molar-refractivity contribution is 8.06. The molecule has 0 aromatic carbocycles. The molecule has 0 atom stereocenters. The Bertz CT molecular complexity index is 585. The monoisotopic (exact) mass is 395 g/mol. The van der Waals surface area contributed by atoms with Gasteiger partial charge in [0.25, 0.3) is 0 Å². The number of hydrogen-bond donors (Lipinski definition) is 0. The van der Waals surface area contributed by atoms with E-state index in [0.29, 0.717) is 0 Å². The van der Waals surface area contributed by atoms with Crippen molar-refractivity contribution in [1.29, 1.82) is 0 Å². The fourth-order valence-electron chi connectivity index (χ4n) is 1.19. The molecule has 0 bridgehead atoms. The lowest BCUT2D eigenvalue weighted by molar-refractivity contribution is -0.0510. The first-order chi connectivity index (χ1) is 9.12. The van der Waals surface area contributed by atoms with Crippen LogP contribution in [0.5, 0.6) is 0 Å². The van der Waals surface area contributed by atoms with Gasteiger partial charge in [-0.2, -0.15) is 26.3 Å². The van der Waals surface area contributed by atoms with Gasteiger partial charge in [-0.3, -0.25) is 0 Å². The standard InChI is InChI=1S/C8H15F6NO4S2Si/c1-6(2,3)22(4,5)15(20(16,17)7(9,10)11)21(18,19)8(12,13)14/h1-5H3. The molecule has 0 heterocycles. The van der Waals surface area contributed by atoms with Crippen LogP contribution in [0.15, 0.2) is 0 Å². The Morgan fingerprint density at radius 3 is 1.09 bits per heavy atom. The fraction of sp³-hybridized carbons (Fsp3) is 1.00. The molecule has 0 rings (SSSR count). The van der Waals surface area contributed by atoms with Crippen LogP contribution in [-0.4, -0.2) is 39.5 Å². The van der Waals surface area contributed by atoms with Gasteiger partial charge in [-0.15, -0.1) is 3.38 Å². The van der Waals surface area contributed by atoms with Crippen LogP contribution in [0.3, 0.4) is 0 Å². The van der Waals surface area contributed by atoms with E-state index in [1.54, 1.807) is 0 Å². The maximum absolute atomic E-state index is 12.7. The predicted molar refractivity (Wildman–Crippen MR) is 69.0 cm³/mol. The maximum Gasteiger partial charge on any atom is 0.512 e. The molecule has 0 aliphatic rings. The second-order valence-electron chi connectivity index (χ2n) is 5.91. The van der Waals surface area contributed by atoms with Crippen LogP contribution in [-0.2, 0) is 20.0 Å². The minimum atomic E-state index is -6.73. The number of nitrogens with zero attached hydrogens (tertiary/aromatic N) is 1. The molecule has 0 radical (unpaired) electrons. The largest absolute Gasteiger partial charge is 0.512 e. The van der Waals surface area contributed by atoms with E-state index < -0.39 is 47.7 Å². The Morgan fingerprint density at radius 2 is 0.955 bits per heavy atom. The van der Waals surface area contributed by atoms with Gasteiger partial charge < -0.3 is 0 Å². The summed E-state index contributed by atoms with van der Waals surface area (Å²) in [5.41, 5.74) is -12.4. The first kappa shape index (κ1) is 21.7. The number of hydrogen-bond acceptors (Lipinski definition) is 4. The topological polar surface area (TPSA) is 71.5 Å². The van der Waals surface area contributed by atoms with E-state index in [1.807, 2.05) is 0 Å². The van der Waals surface area contributed by atoms with Crippen molar-refractivity contribution >= 4 is 28.3 Å². The number of halogens is 6. The molecular formula is C8H15F6NO4S2Si. The molecule has 134 valence electrons. The average molecular weight is 395 g/mol. The van der Waals surface area contributed by atoms with E-state index in [2.05, 4.69) is 0 Å². The molecule has 14 heteroatoms. The van der Waals surface area contributed by atoms with Gasteiger partial charge in [0.1, 0.15) is 0 Å². The average Bonchev–Trinajstić information content (AvgIpc) is 2.09. The summed E-state index contributed by atoms with van der Waals surface area (Å²) in [4.78, 5) is 0. The van der Waals surface area contributed by atoms with Gasteiger partial charge in [0.2, 0.25) is 0 Å². The Morgan fingerprint density at radius 1 is 0.727 bits per heavy atom. The van der Waals surface area contributed by atoms with E-state index in [-0.39, 0.29) is 0 Å². The molecule has 5 nitrogen and oxygen atoms in total. The molecule has 0 aromatic heterocycles. The smallest absolute Gasteiger partial charge is 0.202 e. The highest BCUT2D eigenvalue weighted by Gasteiger charge is 2.67. The SMILES string of the molecule is CC(C)(C)[Si](C)(C)N(S(=O)(=O)C(F)(F)F)S(=O)(=O)C(F)(F)F. The summed E-state index contributed by atoms with van der Waals surface area (Å²) in [6.45, 7) is 5.12. The first-order valence-corrected chi connectivity index (χ1v) is 11.4. The summed E-state index contributed by atoms with van der Waals surface area (Å²) in [6, 6.07) is 0. The fourth-order valence-corrected chi connectivity index (χ4v) is 10.7. The molecule has 0 aliphatic heterocycles. The van der Waals surface area contributed by atoms with E-state index in [0.717, 1.165) is 13.1 Å². The van der Waals surface area contributed by atoms with Crippen LogP contribution in [0, 0.1) is 0 Å². The van der Waals surface area contributed by atoms with Crippen molar-refractivity contribution in [2.24, 2.45) is 0 Å². The molecular weight excluding hydrogens is 380 g/mol. The summed E-state index contributed by atoms with van der Waals surface area (Å²) < 4.78 is 121. The Hall–Kier alpha value is -0.343. The molecule has 0 amide bonds. The van der Waals surface area contributed by atoms with E-state index >= 15 is 0 Å². The summed E-state index contributed by atoms with van der Waals surface area (Å²) in [6.07, 6.45) is 0. The quantitative estimate of drug-likeness (QED) is 0.544. The Kier molecular flexibility index (Phi) is 5.26. The third-order valence-corrected chi connectivity index (χ3v) is 15.3. The molecule has 0 saturated carbocycles. The zero-order valence-corrected chi connectivity index (χ0v) is 14.8. The Balaban J connectivity index is 6.84. The van der Waals surface area contributed by atoms with Gasteiger partial charge in [-0.05, 0) is 5.04 Å². The number of sulfonamides is 2. The van der Waals surface area contributed by atoms with Gasteiger partial charge >= 0.3 is 31.1 Å². The number of alkyl halides is 6. The van der Waals surface area contributed by atoms with Gasteiger partial charge in [-0.25, -0.2) is 16.8 Å². The Labute approximate surface area is 125 Å². The summed E-state index contributed by atoms with van der Waals surface area (Å²) in [5.74, 6) is 0.